The highest BCUT2D eigenvalue weighted by molar-refractivity contribution is 5.90. The van der Waals surface area contributed by atoms with Crippen molar-refractivity contribution in [1.82, 2.24) is 0 Å². The van der Waals surface area contributed by atoms with Crippen molar-refractivity contribution in [2.24, 2.45) is 0 Å². The maximum atomic E-state index is 13.2. The van der Waals surface area contributed by atoms with Gasteiger partial charge in [0.1, 0.15) is 5.82 Å². The summed E-state index contributed by atoms with van der Waals surface area (Å²) in [6, 6.07) is 1.37. The number of halogens is 1. The summed E-state index contributed by atoms with van der Waals surface area (Å²) in [5.41, 5.74) is 5.89. The molecule has 0 aliphatic rings. The maximum absolute atomic E-state index is 13.2. The van der Waals surface area contributed by atoms with Crippen LogP contribution in [0.3, 0.4) is 0 Å². The molecule has 0 aromatic heterocycles. The topological polar surface area (TPSA) is 63.3 Å². The molecule has 0 radical (unpaired) electrons. The first kappa shape index (κ1) is 9.51. The smallest absolute Gasteiger partial charge is 0.336 e. The van der Waals surface area contributed by atoms with Crippen LogP contribution in [0.5, 0.6) is 0 Å². The number of carbonyl (C=O) groups is 1. The van der Waals surface area contributed by atoms with Crippen LogP contribution in [0.25, 0.3) is 0 Å². The number of aryl methyl sites for hydroxylation is 1. The minimum absolute atomic E-state index is 0.0162. The average molecular weight is 183 g/mol. The quantitative estimate of drug-likeness (QED) is 0.651. The molecule has 13 heavy (non-hydrogen) atoms. The Labute approximate surface area is 75.0 Å². The Balaban J connectivity index is 3.50. The number of hydrogen-bond donors (Lipinski definition) is 2. The Hall–Kier alpha value is -1.58. The van der Waals surface area contributed by atoms with Gasteiger partial charge in [0.2, 0.25) is 0 Å². The number of nitrogen functional groups attached to an aromatic ring is 1. The molecule has 70 valence electrons. The van der Waals surface area contributed by atoms with Gasteiger partial charge in [-0.1, -0.05) is 0 Å². The first-order valence-corrected chi connectivity index (χ1v) is 3.73. The molecular weight excluding hydrogens is 173 g/mol. The Morgan fingerprint density at radius 3 is 2.54 bits per heavy atom. The number of hydrogen-bond acceptors (Lipinski definition) is 2. The predicted octanol–water partition coefficient (Wildman–Crippen LogP) is 1.72. The molecule has 0 aliphatic carbocycles. The molecule has 0 atom stereocenters. The Morgan fingerprint density at radius 1 is 1.54 bits per heavy atom. The number of aromatic carboxylic acids is 1. The van der Waals surface area contributed by atoms with Crippen LogP contribution in [-0.4, -0.2) is 11.1 Å². The van der Waals surface area contributed by atoms with Gasteiger partial charge in [-0.25, -0.2) is 9.18 Å². The third-order valence-electron chi connectivity index (χ3n) is 1.99. The van der Waals surface area contributed by atoms with E-state index in [0.29, 0.717) is 5.56 Å². The van der Waals surface area contributed by atoms with Gasteiger partial charge in [-0.3, -0.25) is 0 Å². The molecule has 0 saturated heterocycles. The molecule has 4 heteroatoms. The van der Waals surface area contributed by atoms with E-state index in [1.807, 2.05) is 0 Å². The number of nitrogens with two attached hydrogens (primary N) is 1. The van der Waals surface area contributed by atoms with Crippen LogP contribution < -0.4 is 5.73 Å². The summed E-state index contributed by atoms with van der Waals surface area (Å²) < 4.78 is 13.2. The highest BCUT2D eigenvalue weighted by atomic mass is 19.1. The van der Waals surface area contributed by atoms with Gasteiger partial charge in [0.25, 0.3) is 0 Å². The molecule has 1 aromatic carbocycles. The van der Waals surface area contributed by atoms with Crippen molar-refractivity contribution >= 4 is 11.7 Å². The standard InChI is InChI=1S/C9H10FNO2/c1-4-3-6(9(12)13)5(2)7(10)8(4)11/h3H,11H2,1-2H3,(H,12,13). The van der Waals surface area contributed by atoms with Crippen molar-refractivity contribution < 1.29 is 14.3 Å². The van der Waals surface area contributed by atoms with Gasteiger partial charge in [-0.2, -0.15) is 0 Å². The molecular formula is C9H10FNO2. The zero-order valence-electron chi connectivity index (χ0n) is 7.39. The molecule has 0 spiro atoms. The van der Waals surface area contributed by atoms with Crippen molar-refractivity contribution in [1.29, 1.82) is 0 Å². The van der Waals surface area contributed by atoms with Gasteiger partial charge in [0, 0.05) is 5.56 Å². The Bertz CT molecular complexity index is 374. The average Bonchev–Trinajstić information content (AvgIpc) is 2.07. The Kier molecular flexibility index (Phi) is 2.23. The SMILES string of the molecule is Cc1cc(C(=O)O)c(C)c(F)c1N. The van der Waals surface area contributed by atoms with Crippen molar-refractivity contribution in [3.8, 4) is 0 Å². The van der Waals surface area contributed by atoms with Crippen LogP contribution >= 0.6 is 0 Å². The van der Waals surface area contributed by atoms with E-state index in [-0.39, 0.29) is 16.8 Å². The van der Waals surface area contributed by atoms with Gasteiger partial charge >= 0.3 is 5.97 Å². The molecule has 0 bridgehead atoms. The van der Waals surface area contributed by atoms with E-state index in [2.05, 4.69) is 0 Å². The fourth-order valence-corrected chi connectivity index (χ4v) is 1.12. The van der Waals surface area contributed by atoms with Crippen LogP contribution in [0.15, 0.2) is 6.07 Å². The monoisotopic (exact) mass is 183 g/mol. The largest absolute Gasteiger partial charge is 0.478 e. The van der Waals surface area contributed by atoms with Crippen LogP contribution in [0, 0.1) is 19.7 Å². The van der Waals surface area contributed by atoms with Gasteiger partial charge < -0.3 is 10.8 Å². The van der Waals surface area contributed by atoms with E-state index >= 15 is 0 Å². The van der Waals surface area contributed by atoms with E-state index in [0.717, 1.165) is 0 Å². The van der Waals surface area contributed by atoms with Crippen LogP contribution in [0.2, 0.25) is 0 Å². The van der Waals surface area contributed by atoms with E-state index < -0.39 is 11.8 Å². The van der Waals surface area contributed by atoms with Gasteiger partial charge in [0.15, 0.2) is 0 Å². The molecule has 1 rings (SSSR count). The lowest BCUT2D eigenvalue weighted by molar-refractivity contribution is 0.0695. The fraction of sp³-hybridized carbons (Fsp3) is 0.222. The first-order chi connectivity index (χ1) is 5.95. The van der Waals surface area contributed by atoms with E-state index in [4.69, 9.17) is 10.8 Å². The summed E-state index contributed by atoms with van der Waals surface area (Å²) in [6.45, 7) is 2.97. The second-order valence-corrected chi connectivity index (χ2v) is 2.90. The molecule has 3 nitrogen and oxygen atoms in total. The number of rotatable bonds is 1. The molecule has 0 aliphatic heterocycles. The Morgan fingerprint density at radius 2 is 2.08 bits per heavy atom. The second kappa shape index (κ2) is 3.05. The second-order valence-electron chi connectivity index (χ2n) is 2.90. The molecule has 1 aromatic rings. The lowest BCUT2D eigenvalue weighted by atomic mass is 10.0. The summed E-state index contributed by atoms with van der Waals surface area (Å²) in [5, 5.41) is 8.70. The fourth-order valence-electron chi connectivity index (χ4n) is 1.12. The molecule has 0 amide bonds. The number of anilines is 1. The summed E-state index contributed by atoms with van der Waals surface area (Å²) in [6.07, 6.45) is 0. The number of benzene rings is 1. The third-order valence-corrected chi connectivity index (χ3v) is 1.99. The molecule has 3 N–H and O–H groups in total. The summed E-state index contributed by atoms with van der Waals surface area (Å²) >= 11 is 0. The minimum atomic E-state index is -1.14. The van der Waals surface area contributed by atoms with Crippen LogP contribution in [0.1, 0.15) is 21.5 Å². The number of carboxylic acids is 1. The molecule has 0 heterocycles. The van der Waals surface area contributed by atoms with E-state index in [1.54, 1.807) is 6.92 Å². The summed E-state index contributed by atoms with van der Waals surface area (Å²) in [7, 11) is 0. The third kappa shape index (κ3) is 1.47. The highest BCUT2D eigenvalue weighted by Crippen LogP contribution is 2.22. The maximum Gasteiger partial charge on any atom is 0.336 e. The van der Waals surface area contributed by atoms with Gasteiger partial charge in [0.05, 0.1) is 11.3 Å². The zero-order valence-corrected chi connectivity index (χ0v) is 7.39. The number of carboxylic acid groups (broad SMARTS) is 1. The van der Waals surface area contributed by atoms with Crippen molar-refractivity contribution in [3.05, 3.63) is 28.6 Å². The van der Waals surface area contributed by atoms with E-state index in [9.17, 15) is 9.18 Å². The lowest BCUT2D eigenvalue weighted by Gasteiger charge is -2.07. The van der Waals surface area contributed by atoms with Gasteiger partial charge in [-0.15, -0.1) is 0 Å². The van der Waals surface area contributed by atoms with Crippen LogP contribution in [0.4, 0.5) is 10.1 Å². The van der Waals surface area contributed by atoms with Crippen LogP contribution in [-0.2, 0) is 0 Å². The minimum Gasteiger partial charge on any atom is -0.478 e. The zero-order chi connectivity index (χ0) is 10.2. The normalized spacial score (nSPS) is 10.1. The molecule has 0 saturated carbocycles. The summed E-state index contributed by atoms with van der Waals surface area (Å²) in [5.74, 6) is -1.78. The predicted molar refractivity (Wildman–Crippen MR) is 47.2 cm³/mol. The van der Waals surface area contributed by atoms with Gasteiger partial charge in [-0.05, 0) is 25.5 Å². The van der Waals surface area contributed by atoms with E-state index in [1.165, 1.54) is 13.0 Å². The lowest BCUT2D eigenvalue weighted by Crippen LogP contribution is -2.06. The van der Waals surface area contributed by atoms with Crippen molar-refractivity contribution in [3.63, 3.8) is 0 Å². The highest BCUT2D eigenvalue weighted by Gasteiger charge is 2.14. The summed E-state index contributed by atoms with van der Waals surface area (Å²) in [4.78, 5) is 10.6. The molecule has 0 unspecified atom stereocenters. The first-order valence-electron chi connectivity index (χ1n) is 3.73. The van der Waals surface area contributed by atoms with Crippen molar-refractivity contribution in [2.75, 3.05) is 5.73 Å². The van der Waals surface area contributed by atoms with Crippen molar-refractivity contribution in [2.45, 2.75) is 13.8 Å². The molecule has 0 fully saturated rings.